The fourth-order valence-electron chi connectivity index (χ4n) is 2.74. The lowest BCUT2D eigenvalue weighted by Crippen LogP contribution is -2.07. The standard InChI is InChI=1S/C18H22O3/c1-13(11-14-7-5-4-6-8-14)17-15(12-19)9-10-16(20-2)18(17)21-3/h4-10,13,19H,11-12H2,1-3H3. The number of hydrogen-bond donors (Lipinski definition) is 1. The van der Waals surface area contributed by atoms with Gasteiger partial charge in [0.1, 0.15) is 0 Å². The molecule has 0 aliphatic rings. The molecule has 112 valence electrons. The molecule has 2 rings (SSSR count). The van der Waals surface area contributed by atoms with E-state index in [1.54, 1.807) is 14.2 Å². The average Bonchev–Trinajstić information content (AvgIpc) is 2.54. The molecule has 0 aliphatic carbocycles. The fourth-order valence-corrected chi connectivity index (χ4v) is 2.74. The van der Waals surface area contributed by atoms with Gasteiger partial charge in [-0.2, -0.15) is 0 Å². The first-order valence-electron chi connectivity index (χ1n) is 7.09. The SMILES string of the molecule is COc1ccc(CO)c(C(C)Cc2ccccc2)c1OC. The van der Waals surface area contributed by atoms with E-state index in [0.717, 1.165) is 17.5 Å². The van der Waals surface area contributed by atoms with Gasteiger partial charge in [-0.25, -0.2) is 0 Å². The van der Waals surface area contributed by atoms with Gasteiger partial charge in [0, 0.05) is 5.56 Å². The van der Waals surface area contributed by atoms with Crippen molar-refractivity contribution >= 4 is 0 Å². The van der Waals surface area contributed by atoms with Crippen LogP contribution in [0.15, 0.2) is 42.5 Å². The van der Waals surface area contributed by atoms with E-state index in [4.69, 9.17) is 9.47 Å². The van der Waals surface area contributed by atoms with Crippen LogP contribution in [0.1, 0.15) is 29.5 Å². The number of aliphatic hydroxyl groups is 1. The summed E-state index contributed by atoms with van der Waals surface area (Å²) in [5.74, 6) is 1.64. The summed E-state index contributed by atoms with van der Waals surface area (Å²) in [5, 5.41) is 9.62. The topological polar surface area (TPSA) is 38.7 Å². The van der Waals surface area contributed by atoms with E-state index >= 15 is 0 Å². The molecule has 21 heavy (non-hydrogen) atoms. The Morgan fingerprint density at radius 1 is 1.00 bits per heavy atom. The fraction of sp³-hybridized carbons (Fsp3) is 0.333. The van der Waals surface area contributed by atoms with Gasteiger partial charge in [-0.05, 0) is 29.5 Å². The number of ether oxygens (including phenoxy) is 2. The average molecular weight is 286 g/mol. The van der Waals surface area contributed by atoms with Crippen LogP contribution in [0.3, 0.4) is 0 Å². The van der Waals surface area contributed by atoms with Crippen molar-refractivity contribution in [3.05, 3.63) is 59.2 Å². The molecular formula is C18H22O3. The van der Waals surface area contributed by atoms with Gasteiger partial charge in [-0.15, -0.1) is 0 Å². The highest BCUT2D eigenvalue weighted by molar-refractivity contribution is 5.52. The maximum absolute atomic E-state index is 9.62. The molecule has 2 aromatic rings. The normalized spacial score (nSPS) is 12.0. The van der Waals surface area contributed by atoms with E-state index in [2.05, 4.69) is 19.1 Å². The van der Waals surface area contributed by atoms with Crippen LogP contribution in [-0.4, -0.2) is 19.3 Å². The zero-order chi connectivity index (χ0) is 15.2. The Labute approximate surface area is 126 Å². The lowest BCUT2D eigenvalue weighted by Gasteiger charge is -2.21. The first-order valence-corrected chi connectivity index (χ1v) is 7.09. The van der Waals surface area contributed by atoms with Crippen LogP contribution in [0.2, 0.25) is 0 Å². The third-order valence-electron chi connectivity index (χ3n) is 3.72. The van der Waals surface area contributed by atoms with E-state index in [-0.39, 0.29) is 12.5 Å². The number of rotatable bonds is 6. The smallest absolute Gasteiger partial charge is 0.164 e. The second-order valence-corrected chi connectivity index (χ2v) is 5.12. The summed E-state index contributed by atoms with van der Waals surface area (Å²) in [6.45, 7) is 2.14. The summed E-state index contributed by atoms with van der Waals surface area (Å²) < 4.78 is 10.9. The lowest BCUT2D eigenvalue weighted by molar-refractivity contribution is 0.277. The summed E-state index contributed by atoms with van der Waals surface area (Å²) in [6.07, 6.45) is 0.886. The molecule has 0 bridgehead atoms. The third-order valence-corrected chi connectivity index (χ3v) is 3.72. The van der Waals surface area contributed by atoms with Crippen LogP contribution in [0.25, 0.3) is 0 Å². The van der Waals surface area contributed by atoms with Crippen LogP contribution in [0.5, 0.6) is 11.5 Å². The van der Waals surface area contributed by atoms with E-state index < -0.39 is 0 Å². The molecule has 0 radical (unpaired) electrons. The Kier molecular flexibility index (Phi) is 5.23. The molecule has 1 N–H and O–H groups in total. The van der Waals surface area contributed by atoms with Gasteiger partial charge in [0.15, 0.2) is 11.5 Å². The monoisotopic (exact) mass is 286 g/mol. The van der Waals surface area contributed by atoms with Crippen molar-refractivity contribution in [1.29, 1.82) is 0 Å². The molecule has 3 heteroatoms. The Hall–Kier alpha value is -2.00. The summed E-state index contributed by atoms with van der Waals surface area (Å²) in [6, 6.07) is 14.1. The summed E-state index contributed by atoms with van der Waals surface area (Å²) >= 11 is 0. The van der Waals surface area contributed by atoms with E-state index in [9.17, 15) is 5.11 Å². The van der Waals surface area contributed by atoms with E-state index in [1.165, 1.54) is 5.56 Å². The van der Waals surface area contributed by atoms with Crippen molar-refractivity contribution in [3.63, 3.8) is 0 Å². The van der Waals surface area contributed by atoms with Crippen LogP contribution in [0, 0.1) is 0 Å². The molecule has 0 fully saturated rings. The van der Waals surface area contributed by atoms with Gasteiger partial charge in [0.05, 0.1) is 20.8 Å². The maximum Gasteiger partial charge on any atom is 0.164 e. The van der Waals surface area contributed by atoms with Crippen molar-refractivity contribution < 1.29 is 14.6 Å². The molecule has 2 aromatic carbocycles. The largest absolute Gasteiger partial charge is 0.493 e. The second kappa shape index (κ2) is 7.14. The third kappa shape index (κ3) is 3.37. The summed E-state index contributed by atoms with van der Waals surface area (Å²) in [7, 11) is 3.26. The number of benzene rings is 2. The Morgan fingerprint density at radius 3 is 2.29 bits per heavy atom. The minimum atomic E-state index is -0.00514. The van der Waals surface area contributed by atoms with Crippen LogP contribution in [-0.2, 0) is 13.0 Å². The molecule has 0 amide bonds. The minimum Gasteiger partial charge on any atom is -0.493 e. The lowest BCUT2D eigenvalue weighted by atomic mass is 9.89. The molecule has 3 nitrogen and oxygen atoms in total. The summed E-state index contributed by atoms with van der Waals surface area (Å²) in [5.41, 5.74) is 3.16. The molecule has 1 unspecified atom stereocenters. The highest BCUT2D eigenvalue weighted by Crippen LogP contribution is 2.39. The quantitative estimate of drug-likeness (QED) is 0.882. The zero-order valence-electron chi connectivity index (χ0n) is 12.8. The molecule has 0 aliphatic heterocycles. The van der Waals surface area contributed by atoms with Crippen LogP contribution in [0.4, 0.5) is 0 Å². The molecule has 0 saturated heterocycles. The molecule has 1 atom stereocenters. The van der Waals surface area contributed by atoms with Gasteiger partial charge in [0.25, 0.3) is 0 Å². The van der Waals surface area contributed by atoms with Gasteiger partial charge < -0.3 is 14.6 Å². The predicted octanol–water partition coefficient (Wildman–Crippen LogP) is 3.54. The van der Waals surface area contributed by atoms with E-state index in [1.807, 2.05) is 30.3 Å². The van der Waals surface area contributed by atoms with E-state index in [0.29, 0.717) is 11.5 Å². The first kappa shape index (κ1) is 15.4. The Morgan fingerprint density at radius 2 is 1.71 bits per heavy atom. The molecule has 0 aromatic heterocycles. The van der Waals surface area contributed by atoms with Crippen molar-refractivity contribution in [1.82, 2.24) is 0 Å². The van der Waals surface area contributed by atoms with Crippen molar-refractivity contribution in [2.24, 2.45) is 0 Å². The van der Waals surface area contributed by atoms with Gasteiger partial charge in [-0.3, -0.25) is 0 Å². The number of methoxy groups -OCH3 is 2. The highest BCUT2D eigenvalue weighted by Gasteiger charge is 2.20. The second-order valence-electron chi connectivity index (χ2n) is 5.12. The van der Waals surface area contributed by atoms with Gasteiger partial charge in [0.2, 0.25) is 0 Å². The molecule has 0 heterocycles. The number of hydrogen-bond acceptors (Lipinski definition) is 3. The number of aliphatic hydroxyl groups excluding tert-OH is 1. The highest BCUT2D eigenvalue weighted by atomic mass is 16.5. The van der Waals surface area contributed by atoms with Gasteiger partial charge >= 0.3 is 0 Å². The molecule has 0 spiro atoms. The Balaban J connectivity index is 2.40. The van der Waals surface area contributed by atoms with Gasteiger partial charge in [-0.1, -0.05) is 43.3 Å². The molecular weight excluding hydrogens is 264 g/mol. The zero-order valence-corrected chi connectivity index (χ0v) is 12.8. The molecule has 0 saturated carbocycles. The summed E-state index contributed by atoms with van der Waals surface area (Å²) in [4.78, 5) is 0. The maximum atomic E-state index is 9.62. The predicted molar refractivity (Wildman–Crippen MR) is 84.0 cm³/mol. The van der Waals surface area contributed by atoms with Crippen LogP contribution < -0.4 is 9.47 Å². The van der Waals surface area contributed by atoms with Crippen molar-refractivity contribution in [3.8, 4) is 11.5 Å². The van der Waals surface area contributed by atoms with Crippen molar-refractivity contribution in [2.45, 2.75) is 25.9 Å². The van der Waals surface area contributed by atoms with Crippen LogP contribution >= 0.6 is 0 Å². The minimum absolute atomic E-state index is 0.00514. The van der Waals surface area contributed by atoms with Crippen molar-refractivity contribution in [2.75, 3.05) is 14.2 Å². The first-order chi connectivity index (χ1) is 10.2. The Bertz CT molecular complexity index is 579.